The summed E-state index contributed by atoms with van der Waals surface area (Å²) in [6.45, 7) is 1.08. The quantitative estimate of drug-likeness (QED) is 0.797. The van der Waals surface area contributed by atoms with E-state index in [1.807, 2.05) is 0 Å². The van der Waals surface area contributed by atoms with Gasteiger partial charge in [0, 0.05) is 19.3 Å². The first-order chi connectivity index (χ1) is 8.08. The van der Waals surface area contributed by atoms with Crippen molar-refractivity contribution in [3.8, 4) is 0 Å². The molecule has 0 saturated carbocycles. The van der Waals surface area contributed by atoms with E-state index in [0.29, 0.717) is 36.5 Å². The van der Waals surface area contributed by atoms with Crippen LogP contribution < -0.4 is 0 Å². The monoisotopic (exact) mass is 274 g/mol. The summed E-state index contributed by atoms with van der Waals surface area (Å²) in [6, 6.07) is 1.47. The van der Waals surface area contributed by atoms with Gasteiger partial charge in [0.1, 0.15) is 5.15 Å². The number of pyridine rings is 1. The molecule has 1 amide bonds. The minimum Gasteiger partial charge on any atom is -0.393 e. The number of amides is 1. The first kappa shape index (κ1) is 12.6. The molecule has 0 spiro atoms. The fourth-order valence-corrected chi connectivity index (χ4v) is 2.16. The second-order valence-corrected chi connectivity index (χ2v) is 4.80. The number of carbonyl (C=O) groups excluding carboxylic acids is 1. The van der Waals surface area contributed by atoms with Crippen molar-refractivity contribution in [1.82, 2.24) is 9.88 Å². The molecule has 92 valence electrons. The standard InChI is InChI=1S/C11H12Cl2N2O2/c12-9-6-14-10(13)5-8(9)11(17)15-3-1-7(16)2-4-15/h5-7,16H,1-4H2. The molecule has 0 aliphatic carbocycles. The number of carbonyl (C=O) groups is 1. The third-order valence-electron chi connectivity index (χ3n) is 2.80. The van der Waals surface area contributed by atoms with Crippen LogP contribution in [0.5, 0.6) is 0 Å². The van der Waals surface area contributed by atoms with E-state index >= 15 is 0 Å². The van der Waals surface area contributed by atoms with Crippen molar-refractivity contribution >= 4 is 29.1 Å². The van der Waals surface area contributed by atoms with Crippen LogP contribution in [0, 0.1) is 0 Å². The van der Waals surface area contributed by atoms with Crippen molar-refractivity contribution in [2.24, 2.45) is 0 Å². The van der Waals surface area contributed by atoms with Crippen LogP contribution in [0.1, 0.15) is 23.2 Å². The summed E-state index contributed by atoms with van der Waals surface area (Å²) in [7, 11) is 0. The number of aromatic nitrogens is 1. The second-order valence-electron chi connectivity index (χ2n) is 4.01. The van der Waals surface area contributed by atoms with Gasteiger partial charge in [0.15, 0.2) is 0 Å². The summed E-state index contributed by atoms with van der Waals surface area (Å²) >= 11 is 11.7. The van der Waals surface area contributed by atoms with Gasteiger partial charge in [-0.05, 0) is 18.9 Å². The fourth-order valence-electron chi connectivity index (χ4n) is 1.82. The van der Waals surface area contributed by atoms with Crippen LogP contribution in [-0.4, -0.2) is 40.1 Å². The zero-order valence-corrected chi connectivity index (χ0v) is 10.6. The molecule has 1 aromatic rings. The second kappa shape index (κ2) is 5.21. The van der Waals surface area contributed by atoms with E-state index < -0.39 is 0 Å². The molecule has 4 nitrogen and oxygen atoms in total. The van der Waals surface area contributed by atoms with Crippen LogP contribution in [0.2, 0.25) is 10.2 Å². The van der Waals surface area contributed by atoms with E-state index in [2.05, 4.69) is 4.98 Å². The highest BCUT2D eigenvalue weighted by molar-refractivity contribution is 6.35. The van der Waals surface area contributed by atoms with Gasteiger partial charge in [-0.1, -0.05) is 23.2 Å². The average molecular weight is 275 g/mol. The highest BCUT2D eigenvalue weighted by Crippen LogP contribution is 2.21. The number of piperidine rings is 1. The number of aliphatic hydroxyl groups excluding tert-OH is 1. The zero-order chi connectivity index (χ0) is 12.4. The molecular formula is C11H12Cl2N2O2. The summed E-state index contributed by atoms with van der Waals surface area (Å²) in [6.07, 6.45) is 2.26. The van der Waals surface area contributed by atoms with Crippen LogP contribution in [0.15, 0.2) is 12.3 Å². The number of hydrogen-bond donors (Lipinski definition) is 1. The molecule has 1 saturated heterocycles. The number of rotatable bonds is 1. The predicted molar refractivity (Wildman–Crippen MR) is 65.4 cm³/mol. The minimum absolute atomic E-state index is 0.161. The molecule has 6 heteroatoms. The Hall–Kier alpha value is -0.840. The van der Waals surface area contributed by atoms with Crippen molar-refractivity contribution in [2.45, 2.75) is 18.9 Å². The lowest BCUT2D eigenvalue weighted by molar-refractivity contribution is 0.0546. The lowest BCUT2D eigenvalue weighted by Gasteiger charge is -2.29. The molecule has 0 bridgehead atoms. The van der Waals surface area contributed by atoms with Crippen molar-refractivity contribution in [3.63, 3.8) is 0 Å². The van der Waals surface area contributed by atoms with Gasteiger partial charge in [0.25, 0.3) is 5.91 Å². The average Bonchev–Trinajstić information content (AvgIpc) is 2.32. The molecule has 2 rings (SSSR count). The third kappa shape index (κ3) is 2.89. The number of likely N-dealkylation sites (tertiary alicyclic amines) is 1. The Morgan fingerprint density at radius 3 is 2.71 bits per heavy atom. The molecular weight excluding hydrogens is 263 g/mol. The van der Waals surface area contributed by atoms with E-state index in [-0.39, 0.29) is 17.2 Å². The molecule has 1 fully saturated rings. The largest absolute Gasteiger partial charge is 0.393 e. The molecule has 0 unspecified atom stereocenters. The van der Waals surface area contributed by atoms with E-state index in [1.54, 1.807) is 4.90 Å². The molecule has 1 aromatic heterocycles. The summed E-state index contributed by atoms with van der Waals surface area (Å²) < 4.78 is 0. The topological polar surface area (TPSA) is 53.4 Å². The van der Waals surface area contributed by atoms with Crippen LogP contribution in [0.25, 0.3) is 0 Å². The zero-order valence-electron chi connectivity index (χ0n) is 9.07. The van der Waals surface area contributed by atoms with Gasteiger partial charge in [-0.25, -0.2) is 4.98 Å². The summed E-state index contributed by atoms with van der Waals surface area (Å²) in [5, 5.41) is 9.92. The summed E-state index contributed by atoms with van der Waals surface area (Å²) in [5.74, 6) is -0.161. The van der Waals surface area contributed by atoms with Gasteiger partial charge in [-0.15, -0.1) is 0 Å². The number of nitrogens with zero attached hydrogens (tertiary/aromatic N) is 2. The first-order valence-corrected chi connectivity index (χ1v) is 6.12. The molecule has 0 aromatic carbocycles. The minimum atomic E-state index is -0.310. The lowest BCUT2D eigenvalue weighted by atomic mass is 10.1. The Labute approximate surface area is 109 Å². The van der Waals surface area contributed by atoms with E-state index in [0.717, 1.165) is 0 Å². The number of aliphatic hydroxyl groups is 1. The van der Waals surface area contributed by atoms with Gasteiger partial charge >= 0.3 is 0 Å². The predicted octanol–water partition coefficient (Wildman–Crippen LogP) is 1.99. The van der Waals surface area contributed by atoms with Crippen LogP contribution in [0.3, 0.4) is 0 Å². The maximum atomic E-state index is 12.2. The Morgan fingerprint density at radius 2 is 2.06 bits per heavy atom. The highest BCUT2D eigenvalue weighted by Gasteiger charge is 2.24. The van der Waals surface area contributed by atoms with Crippen molar-refractivity contribution < 1.29 is 9.90 Å². The fraction of sp³-hybridized carbons (Fsp3) is 0.455. The first-order valence-electron chi connectivity index (χ1n) is 5.36. The SMILES string of the molecule is O=C(c1cc(Cl)ncc1Cl)N1CCC(O)CC1. The van der Waals surface area contributed by atoms with Crippen molar-refractivity contribution in [2.75, 3.05) is 13.1 Å². The van der Waals surface area contributed by atoms with Gasteiger partial charge in [0.05, 0.1) is 16.7 Å². The summed E-state index contributed by atoms with van der Waals surface area (Å²) in [5.41, 5.74) is 0.364. The van der Waals surface area contributed by atoms with Crippen LogP contribution in [-0.2, 0) is 0 Å². The van der Waals surface area contributed by atoms with Crippen LogP contribution in [0.4, 0.5) is 0 Å². The van der Waals surface area contributed by atoms with E-state index in [4.69, 9.17) is 23.2 Å². The van der Waals surface area contributed by atoms with Crippen LogP contribution >= 0.6 is 23.2 Å². The smallest absolute Gasteiger partial charge is 0.255 e. The van der Waals surface area contributed by atoms with Gasteiger partial charge < -0.3 is 10.0 Å². The van der Waals surface area contributed by atoms with E-state index in [1.165, 1.54) is 12.3 Å². The van der Waals surface area contributed by atoms with Gasteiger partial charge in [0.2, 0.25) is 0 Å². The highest BCUT2D eigenvalue weighted by atomic mass is 35.5. The molecule has 1 aliphatic rings. The molecule has 0 radical (unpaired) electrons. The lowest BCUT2D eigenvalue weighted by Crippen LogP contribution is -2.40. The maximum absolute atomic E-state index is 12.2. The number of halogens is 2. The maximum Gasteiger partial charge on any atom is 0.255 e. The molecule has 2 heterocycles. The van der Waals surface area contributed by atoms with E-state index in [9.17, 15) is 9.90 Å². The summed E-state index contributed by atoms with van der Waals surface area (Å²) in [4.78, 5) is 17.6. The normalized spacial score (nSPS) is 17.2. The Balaban J connectivity index is 2.16. The van der Waals surface area contributed by atoms with Crippen molar-refractivity contribution in [3.05, 3.63) is 28.0 Å². The number of hydrogen-bond acceptors (Lipinski definition) is 3. The molecule has 0 atom stereocenters. The Kier molecular flexibility index (Phi) is 3.86. The van der Waals surface area contributed by atoms with Gasteiger partial charge in [-0.2, -0.15) is 0 Å². The molecule has 17 heavy (non-hydrogen) atoms. The third-order valence-corrected chi connectivity index (χ3v) is 3.31. The molecule has 1 N–H and O–H groups in total. The Bertz CT molecular complexity index is 431. The van der Waals surface area contributed by atoms with Gasteiger partial charge in [-0.3, -0.25) is 4.79 Å². The van der Waals surface area contributed by atoms with Crippen molar-refractivity contribution in [1.29, 1.82) is 0 Å². The molecule has 1 aliphatic heterocycles. The Morgan fingerprint density at radius 1 is 1.41 bits per heavy atom.